The van der Waals surface area contributed by atoms with Gasteiger partial charge in [-0.2, -0.15) is 0 Å². The standard InChI is InChI=1S/C11H15IN2O/c1-9(15)14-7-6-13-8-10-2-4-11(12)5-3-10/h2-5,13H,6-8H2,1H3,(H,14,15). The molecule has 0 aliphatic rings. The van der Waals surface area contributed by atoms with E-state index < -0.39 is 0 Å². The van der Waals surface area contributed by atoms with Crippen LogP contribution in [0, 0.1) is 3.57 Å². The first-order valence-corrected chi connectivity index (χ1v) is 5.96. The molecule has 0 heterocycles. The summed E-state index contributed by atoms with van der Waals surface area (Å²) in [5.74, 6) is 0.0195. The van der Waals surface area contributed by atoms with Crippen LogP contribution < -0.4 is 10.6 Å². The summed E-state index contributed by atoms with van der Waals surface area (Å²) in [6.07, 6.45) is 0. The molecule has 82 valence electrons. The third-order valence-corrected chi connectivity index (χ3v) is 2.64. The Kier molecular flexibility index (Phi) is 5.63. The zero-order chi connectivity index (χ0) is 11.1. The fourth-order valence-electron chi connectivity index (χ4n) is 1.16. The van der Waals surface area contributed by atoms with Gasteiger partial charge in [0.05, 0.1) is 0 Å². The first-order chi connectivity index (χ1) is 7.18. The lowest BCUT2D eigenvalue weighted by Crippen LogP contribution is -2.29. The molecule has 0 unspecified atom stereocenters. The zero-order valence-electron chi connectivity index (χ0n) is 8.72. The van der Waals surface area contributed by atoms with E-state index in [-0.39, 0.29) is 5.91 Å². The van der Waals surface area contributed by atoms with Crippen molar-refractivity contribution in [2.24, 2.45) is 0 Å². The normalized spacial score (nSPS) is 10.0. The van der Waals surface area contributed by atoms with E-state index in [9.17, 15) is 4.79 Å². The van der Waals surface area contributed by atoms with Crippen molar-refractivity contribution in [3.8, 4) is 0 Å². The van der Waals surface area contributed by atoms with E-state index in [1.807, 2.05) is 0 Å². The molecule has 0 aliphatic carbocycles. The van der Waals surface area contributed by atoms with Crippen LogP contribution in [0.4, 0.5) is 0 Å². The molecular formula is C11H15IN2O. The zero-order valence-corrected chi connectivity index (χ0v) is 10.9. The van der Waals surface area contributed by atoms with Crippen LogP contribution in [0.5, 0.6) is 0 Å². The van der Waals surface area contributed by atoms with Gasteiger partial charge in [-0.25, -0.2) is 0 Å². The van der Waals surface area contributed by atoms with Crippen molar-refractivity contribution < 1.29 is 4.79 Å². The maximum Gasteiger partial charge on any atom is 0.216 e. The molecule has 4 heteroatoms. The van der Waals surface area contributed by atoms with Gasteiger partial charge in [0.1, 0.15) is 0 Å². The maximum atomic E-state index is 10.6. The van der Waals surface area contributed by atoms with Crippen LogP contribution in [-0.2, 0) is 11.3 Å². The Morgan fingerprint density at radius 1 is 1.27 bits per heavy atom. The summed E-state index contributed by atoms with van der Waals surface area (Å²) < 4.78 is 1.24. The van der Waals surface area contributed by atoms with Gasteiger partial charge in [0.25, 0.3) is 0 Å². The molecule has 15 heavy (non-hydrogen) atoms. The molecule has 0 bridgehead atoms. The highest BCUT2D eigenvalue weighted by Gasteiger charge is 1.93. The molecule has 0 spiro atoms. The highest BCUT2D eigenvalue weighted by molar-refractivity contribution is 14.1. The average molecular weight is 318 g/mol. The molecule has 0 aromatic heterocycles. The van der Waals surface area contributed by atoms with E-state index in [2.05, 4.69) is 57.5 Å². The van der Waals surface area contributed by atoms with Crippen LogP contribution in [0.1, 0.15) is 12.5 Å². The Morgan fingerprint density at radius 3 is 2.53 bits per heavy atom. The minimum Gasteiger partial charge on any atom is -0.355 e. The second-order valence-corrected chi connectivity index (χ2v) is 4.53. The summed E-state index contributed by atoms with van der Waals surface area (Å²) >= 11 is 2.29. The van der Waals surface area contributed by atoms with Crippen molar-refractivity contribution in [1.82, 2.24) is 10.6 Å². The molecule has 0 aliphatic heterocycles. The van der Waals surface area contributed by atoms with Crippen molar-refractivity contribution in [2.75, 3.05) is 13.1 Å². The molecule has 0 radical (unpaired) electrons. The summed E-state index contributed by atoms with van der Waals surface area (Å²) in [5, 5.41) is 6.00. The molecule has 0 saturated carbocycles. The Morgan fingerprint density at radius 2 is 1.93 bits per heavy atom. The van der Waals surface area contributed by atoms with Crippen LogP contribution in [0.25, 0.3) is 0 Å². The molecular weight excluding hydrogens is 303 g/mol. The third kappa shape index (κ3) is 5.74. The van der Waals surface area contributed by atoms with Gasteiger partial charge in [0, 0.05) is 30.1 Å². The second kappa shape index (κ2) is 6.79. The Balaban J connectivity index is 2.15. The lowest BCUT2D eigenvalue weighted by Gasteiger charge is -2.05. The summed E-state index contributed by atoms with van der Waals surface area (Å²) in [5.41, 5.74) is 1.26. The van der Waals surface area contributed by atoms with Crippen molar-refractivity contribution in [2.45, 2.75) is 13.5 Å². The maximum absolute atomic E-state index is 10.6. The van der Waals surface area contributed by atoms with Gasteiger partial charge in [-0.1, -0.05) is 12.1 Å². The van der Waals surface area contributed by atoms with Crippen molar-refractivity contribution in [3.63, 3.8) is 0 Å². The number of halogens is 1. The molecule has 1 amide bonds. The van der Waals surface area contributed by atoms with Crippen LogP contribution >= 0.6 is 22.6 Å². The monoisotopic (exact) mass is 318 g/mol. The Bertz CT molecular complexity index is 311. The molecule has 1 aromatic rings. The summed E-state index contributed by atoms with van der Waals surface area (Å²) in [7, 11) is 0. The number of rotatable bonds is 5. The topological polar surface area (TPSA) is 41.1 Å². The van der Waals surface area contributed by atoms with Crippen LogP contribution in [0.2, 0.25) is 0 Å². The van der Waals surface area contributed by atoms with Crippen molar-refractivity contribution in [3.05, 3.63) is 33.4 Å². The molecule has 0 saturated heterocycles. The number of benzene rings is 1. The molecule has 0 atom stereocenters. The Labute approximate surface area is 104 Å². The molecule has 0 fully saturated rings. The predicted molar refractivity (Wildman–Crippen MR) is 69.5 cm³/mol. The molecule has 3 nitrogen and oxygen atoms in total. The van der Waals surface area contributed by atoms with E-state index in [1.54, 1.807) is 0 Å². The number of nitrogens with one attached hydrogen (secondary N) is 2. The van der Waals surface area contributed by atoms with E-state index in [1.165, 1.54) is 16.1 Å². The Hall–Kier alpha value is -0.620. The number of carbonyl (C=O) groups excluding carboxylic acids is 1. The van der Waals surface area contributed by atoms with Gasteiger partial charge in [-0.15, -0.1) is 0 Å². The lowest BCUT2D eigenvalue weighted by molar-refractivity contribution is -0.118. The first kappa shape index (κ1) is 12.4. The lowest BCUT2D eigenvalue weighted by atomic mass is 10.2. The van der Waals surface area contributed by atoms with Gasteiger partial charge in [0.15, 0.2) is 0 Å². The molecule has 2 N–H and O–H groups in total. The van der Waals surface area contributed by atoms with Crippen LogP contribution in [-0.4, -0.2) is 19.0 Å². The number of hydrogen-bond acceptors (Lipinski definition) is 2. The van der Waals surface area contributed by atoms with Crippen LogP contribution in [0.15, 0.2) is 24.3 Å². The fourth-order valence-corrected chi connectivity index (χ4v) is 1.52. The van der Waals surface area contributed by atoms with Crippen LogP contribution in [0.3, 0.4) is 0 Å². The first-order valence-electron chi connectivity index (χ1n) is 4.88. The SMILES string of the molecule is CC(=O)NCCNCc1ccc(I)cc1. The van der Waals surface area contributed by atoms with Gasteiger partial charge < -0.3 is 10.6 Å². The van der Waals surface area contributed by atoms with Crippen molar-refractivity contribution in [1.29, 1.82) is 0 Å². The van der Waals surface area contributed by atoms with Gasteiger partial charge >= 0.3 is 0 Å². The van der Waals surface area contributed by atoms with Gasteiger partial charge in [-0.3, -0.25) is 4.79 Å². The summed E-state index contributed by atoms with van der Waals surface area (Å²) in [4.78, 5) is 10.6. The van der Waals surface area contributed by atoms with Gasteiger partial charge in [-0.05, 0) is 40.3 Å². The molecule has 1 rings (SSSR count). The fraction of sp³-hybridized carbons (Fsp3) is 0.364. The number of hydrogen-bond donors (Lipinski definition) is 2. The van der Waals surface area contributed by atoms with E-state index in [4.69, 9.17) is 0 Å². The highest BCUT2D eigenvalue weighted by atomic mass is 127. The van der Waals surface area contributed by atoms with E-state index in [0.717, 1.165) is 13.1 Å². The smallest absolute Gasteiger partial charge is 0.216 e. The summed E-state index contributed by atoms with van der Waals surface area (Å²) in [6.45, 7) is 3.85. The minimum absolute atomic E-state index is 0.0195. The predicted octanol–water partition coefficient (Wildman–Crippen LogP) is 1.52. The number of amides is 1. The minimum atomic E-state index is 0.0195. The largest absolute Gasteiger partial charge is 0.355 e. The number of carbonyl (C=O) groups is 1. The molecule has 1 aromatic carbocycles. The average Bonchev–Trinajstić information content (AvgIpc) is 2.20. The third-order valence-electron chi connectivity index (χ3n) is 1.92. The summed E-state index contributed by atoms with van der Waals surface area (Å²) in [6, 6.07) is 8.39. The second-order valence-electron chi connectivity index (χ2n) is 3.29. The highest BCUT2D eigenvalue weighted by Crippen LogP contribution is 2.05. The van der Waals surface area contributed by atoms with E-state index >= 15 is 0 Å². The van der Waals surface area contributed by atoms with E-state index in [0.29, 0.717) is 6.54 Å². The quantitative estimate of drug-likeness (QED) is 0.638. The van der Waals surface area contributed by atoms with Gasteiger partial charge in [0.2, 0.25) is 5.91 Å². The van der Waals surface area contributed by atoms with Crippen molar-refractivity contribution >= 4 is 28.5 Å².